The molecule has 0 spiro atoms. The number of ether oxygens (including phenoxy) is 1. The zero-order valence-electron chi connectivity index (χ0n) is 12.6. The van der Waals surface area contributed by atoms with Gasteiger partial charge in [0.1, 0.15) is 12.4 Å². The molecule has 1 aromatic carbocycles. The lowest BCUT2D eigenvalue weighted by Gasteiger charge is -2.12. The second-order valence-corrected chi connectivity index (χ2v) is 5.97. The highest BCUT2D eigenvalue weighted by Crippen LogP contribution is 2.26. The molecule has 0 saturated heterocycles. The van der Waals surface area contributed by atoms with Gasteiger partial charge >= 0.3 is 0 Å². The van der Waals surface area contributed by atoms with E-state index in [0.717, 1.165) is 40.1 Å². The quantitative estimate of drug-likeness (QED) is 0.678. The van der Waals surface area contributed by atoms with Crippen molar-refractivity contribution in [1.82, 2.24) is 9.78 Å². The molecule has 0 amide bonds. The Kier molecular flexibility index (Phi) is 5.71. The molecule has 0 bridgehead atoms. The topological polar surface area (TPSA) is 27.1 Å². The number of halogens is 2. The van der Waals surface area contributed by atoms with Crippen LogP contribution in [0.2, 0.25) is 0 Å². The van der Waals surface area contributed by atoms with Gasteiger partial charge in [0.05, 0.1) is 21.7 Å². The van der Waals surface area contributed by atoms with Gasteiger partial charge in [0.15, 0.2) is 0 Å². The van der Waals surface area contributed by atoms with E-state index in [-0.39, 0.29) is 0 Å². The van der Waals surface area contributed by atoms with Crippen LogP contribution in [0.25, 0.3) is 0 Å². The van der Waals surface area contributed by atoms with E-state index in [4.69, 9.17) is 16.3 Å². The Hall–Kier alpha value is -1.000. The van der Waals surface area contributed by atoms with Crippen LogP contribution in [0.4, 0.5) is 0 Å². The SMILES string of the molecule is CCc1nn(CC)c(COc2ccc(C)cc2CCl)c1Br. The van der Waals surface area contributed by atoms with Crippen molar-refractivity contribution in [2.24, 2.45) is 0 Å². The Morgan fingerprint density at radius 1 is 1.33 bits per heavy atom. The zero-order valence-corrected chi connectivity index (χ0v) is 15.0. The maximum Gasteiger partial charge on any atom is 0.131 e. The van der Waals surface area contributed by atoms with Gasteiger partial charge in [-0.05, 0) is 42.3 Å². The summed E-state index contributed by atoms with van der Waals surface area (Å²) in [5.41, 5.74) is 4.34. The summed E-state index contributed by atoms with van der Waals surface area (Å²) >= 11 is 9.63. The maximum atomic E-state index is 6.00. The summed E-state index contributed by atoms with van der Waals surface area (Å²) in [5.74, 6) is 1.29. The van der Waals surface area contributed by atoms with Crippen LogP contribution in [-0.2, 0) is 25.5 Å². The molecule has 0 saturated carbocycles. The van der Waals surface area contributed by atoms with Gasteiger partial charge in [-0.1, -0.05) is 24.6 Å². The highest BCUT2D eigenvalue weighted by atomic mass is 79.9. The maximum absolute atomic E-state index is 6.00. The molecule has 1 heterocycles. The smallest absolute Gasteiger partial charge is 0.131 e. The first kappa shape index (κ1) is 16.4. The number of aryl methyl sites for hydroxylation is 3. The molecular weight excluding hydrogens is 352 g/mol. The number of aromatic nitrogens is 2. The Bertz CT molecular complexity index is 625. The van der Waals surface area contributed by atoms with Crippen molar-refractivity contribution < 1.29 is 4.74 Å². The van der Waals surface area contributed by atoms with Crippen LogP contribution in [0, 0.1) is 6.92 Å². The predicted octanol–water partition coefficient (Wildman–Crippen LogP) is 4.85. The average molecular weight is 372 g/mol. The highest BCUT2D eigenvalue weighted by molar-refractivity contribution is 9.10. The third kappa shape index (κ3) is 3.61. The summed E-state index contributed by atoms with van der Waals surface area (Å²) in [5, 5.41) is 4.58. The molecule has 3 nitrogen and oxygen atoms in total. The highest BCUT2D eigenvalue weighted by Gasteiger charge is 2.15. The summed E-state index contributed by atoms with van der Waals surface area (Å²) < 4.78 is 9.01. The molecule has 0 aliphatic heterocycles. The summed E-state index contributed by atoms with van der Waals surface area (Å²) in [6, 6.07) is 6.08. The number of hydrogen-bond acceptors (Lipinski definition) is 2. The monoisotopic (exact) mass is 370 g/mol. The van der Waals surface area contributed by atoms with Gasteiger partial charge in [-0.15, -0.1) is 11.6 Å². The van der Waals surface area contributed by atoms with Crippen molar-refractivity contribution in [2.45, 2.75) is 46.2 Å². The van der Waals surface area contributed by atoms with Gasteiger partial charge in [-0.3, -0.25) is 4.68 Å². The Morgan fingerprint density at radius 3 is 2.71 bits per heavy atom. The van der Waals surface area contributed by atoms with E-state index in [1.165, 1.54) is 5.56 Å². The van der Waals surface area contributed by atoms with Crippen molar-refractivity contribution in [2.75, 3.05) is 0 Å². The number of benzene rings is 1. The fourth-order valence-electron chi connectivity index (χ4n) is 2.25. The molecule has 114 valence electrons. The lowest BCUT2D eigenvalue weighted by Crippen LogP contribution is -2.07. The first-order valence-corrected chi connectivity index (χ1v) is 8.45. The molecular formula is C16H20BrClN2O. The fourth-order valence-corrected chi connectivity index (χ4v) is 3.14. The molecule has 0 aliphatic carbocycles. The van der Waals surface area contributed by atoms with Gasteiger partial charge in [0.2, 0.25) is 0 Å². The lowest BCUT2D eigenvalue weighted by molar-refractivity contribution is 0.289. The third-order valence-corrected chi connectivity index (χ3v) is 4.62. The molecule has 0 atom stereocenters. The van der Waals surface area contributed by atoms with Gasteiger partial charge in [-0.2, -0.15) is 5.10 Å². The summed E-state index contributed by atoms with van der Waals surface area (Å²) in [7, 11) is 0. The van der Waals surface area contributed by atoms with Gasteiger partial charge in [0.25, 0.3) is 0 Å². The van der Waals surface area contributed by atoms with E-state index in [9.17, 15) is 0 Å². The van der Waals surface area contributed by atoms with Crippen LogP contribution in [0.3, 0.4) is 0 Å². The molecule has 5 heteroatoms. The number of alkyl halides is 1. The van der Waals surface area contributed by atoms with Crippen molar-refractivity contribution in [3.8, 4) is 5.75 Å². The first-order valence-electron chi connectivity index (χ1n) is 7.13. The van der Waals surface area contributed by atoms with E-state index >= 15 is 0 Å². The minimum Gasteiger partial charge on any atom is -0.487 e. The van der Waals surface area contributed by atoms with Crippen molar-refractivity contribution in [3.05, 3.63) is 45.2 Å². The third-order valence-electron chi connectivity index (χ3n) is 3.42. The Balaban J connectivity index is 2.22. The summed E-state index contributed by atoms with van der Waals surface area (Å²) in [6.07, 6.45) is 0.901. The fraction of sp³-hybridized carbons (Fsp3) is 0.438. The van der Waals surface area contributed by atoms with Crippen molar-refractivity contribution in [1.29, 1.82) is 0 Å². The second-order valence-electron chi connectivity index (χ2n) is 4.91. The second kappa shape index (κ2) is 7.32. The minimum absolute atomic E-state index is 0.450. The Morgan fingerprint density at radius 2 is 2.10 bits per heavy atom. The zero-order chi connectivity index (χ0) is 15.4. The van der Waals surface area contributed by atoms with Crippen molar-refractivity contribution >= 4 is 27.5 Å². The van der Waals surface area contributed by atoms with Crippen LogP contribution >= 0.6 is 27.5 Å². The minimum atomic E-state index is 0.450. The number of hydrogen-bond donors (Lipinski definition) is 0. The van der Waals surface area contributed by atoms with Crippen LogP contribution < -0.4 is 4.74 Å². The average Bonchev–Trinajstić information content (AvgIpc) is 2.81. The van der Waals surface area contributed by atoms with Crippen LogP contribution in [0.15, 0.2) is 22.7 Å². The van der Waals surface area contributed by atoms with Gasteiger partial charge in [0, 0.05) is 12.1 Å². The van der Waals surface area contributed by atoms with Crippen LogP contribution in [-0.4, -0.2) is 9.78 Å². The molecule has 0 N–H and O–H groups in total. The van der Waals surface area contributed by atoms with Crippen molar-refractivity contribution in [3.63, 3.8) is 0 Å². The molecule has 1 aromatic heterocycles. The van der Waals surface area contributed by atoms with E-state index in [1.54, 1.807) is 0 Å². The van der Waals surface area contributed by atoms with Crippen LogP contribution in [0.5, 0.6) is 5.75 Å². The molecule has 0 aliphatic rings. The molecule has 0 unspecified atom stereocenters. The van der Waals surface area contributed by atoms with E-state index < -0.39 is 0 Å². The molecule has 0 radical (unpaired) electrons. The number of nitrogens with zero attached hydrogens (tertiary/aromatic N) is 2. The predicted molar refractivity (Wildman–Crippen MR) is 90.0 cm³/mol. The lowest BCUT2D eigenvalue weighted by atomic mass is 10.1. The van der Waals surface area contributed by atoms with E-state index in [0.29, 0.717) is 12.5 Å². The van der Waals surface area contributed by atoms with Gasteiger partial charge < -0.3 is 4.74 Å². The Labute approximate surface area is 139 Å². The summed E-state index contributed by atoms with van der Waals surface area (Å²) in [4.78, 5) is 0. The molecule has 2 aromatic rings. The van der Waals surface area contributed by atoms with E-state index in [2.05, 4.69) is 47.9 Å². The number of rotatable bonds is 6. The molecule has 21 heavy (non-hydrogen) atoms. The van der Waals surface area contributed by atoms with E-state index in [1.807, 2.05) is 16.8 Å². The first-order chi connectivity index (χ1) is 10.1. The largest absolute Gasteiger partial charge is 0.487 e. The summed E-state index contributed by atoms with van der Waals surface area (Å²) in [6.45, 7) is 7.54. The van der Waals surface area contributed by atoms with Crippen LogP contribution in [0.1, 0.15) is 36.4 Å². The molecule has 0 fully saturated rings. The van der Waals surface area contributed by atoms with Gasteiger partial charge in [-0.25, -0.2) is 0 Å². The molecule has 2 rings (SSSR count). The normalized spacial score (nSPS) is 10.9. The standard InChI is InChI=1S/C16H20BrClN2O/c1-4-13-16(17)14(20(5-2)19-13)10-21-15-7-6-11(3)8-12(15)9-18/h6-8H,4-5,9-10H2,1-3H3.